The van der Waals surface area contributed by atoms with Crippen molar-refractivity contribution in [1.82, 2.24) is 0 Å². The maximum absolute atomic E-state index is 9.10. The van der Waals surface area contributed by atoms with Gasteiger partial charge in [0.15, 0.2) is 0 Å². The summed E-state index contributed by atoms with van der Waals surface area (Å²) in [6.45, 7) is 11.0. The molecule has 0 aromatic heterocycles. The van der Waals surface area contributed by atoms with Crippen LogP contribution in [0, 0.1) is 0 Å². The summed E-state index contributed by atoms with van der Waals surface area (Å²) in [5, 5.41) is 27.3. The van der Waals surface area contributed by atoms with Crippen molar-refractivity contribution >= 4 is 0 Å². The van der Waals surface area contributed by atoms with Crippen molar-refractivity contribution in [2.75, 3.05) is 0 Å². The average Bonchev–Trinajstić information content (AvgIpc) is 2.94. The van der Waals surface area contributed by atoms with Crippen LogP contribution in [-0.2, 0) is 18.3 Å². The molecular weight excluding hydrogens is 480 g/mol. The summed E-state index contributed by atoms with van der Waals surface area (Å²) < 4.78 is 0. The van der Waals surface area contributed by atoms with Gasteiger partial charge in [-0.25, -0.2) is 0 Å². The maximum Gasteiger partial charge on any atom is 0.115 e. The molecule has 0 radical (unpaired) electrons. The minimum absolute atomic E-state index is 0.216. The predicted molar refractivity (Wildman–Crippen MR) is 168 cm³/mol. The molecule has 0 atom stereocenters. The first-order valence-electron chi connectivity index (χ1n) is 15.1. The molecule has 0 saturated heterocycles. The van der Waals surface area contributed by atoms with Gasteiger partial charge in [0.25, 0.3) is 0 Å². The minimum atomic E-state index is 0.216. The molecular formula is C36H54O3. The molecule has 0 aliphatic heterocycles. The summed E-state index contributed by atoms with van der Waals surface area (Å²) in [6, 6.07) is 22.5. The van der Waals surface area contributed by atoms with Crippen LogP contribution in [0.2, 0.25) is 0 Å². The second-order valence-corrected chi connectivity index (χ2v) is 11.1. The Morgan fingerprint density at radius 3 is 1.15 bits per heavy atom. The van der Waals surface area contributed by atoms with Gasteiger partial charge in [-0.1, -0.05) is 116 Å². The van der Waals surface area contributed by atoms with Crippen molar-refractivity contribution in [2.45, 2.75) is 117 Å². The van der Waals surface area contributed by atoms with Crippen molar-refractivity contribution in [1.29, 1.82) is 0 Å². The molecule has 0 aliphatic rings. The summed E-state index contributed by atoms with van der Waals surface area (Å²) in [5.74, 6) is 1.06. The van der Waals surface area contributed by atoms with Crippen molar-refractivity contribution in [3.63, 3.8) is 0 Å². The highest BCUT2D eigenvalue weighted by Crippen LogP contribution is 2.27. The predicted octanol–water partition coefficient (Wildman–Crippen LogP) is 10.5. The Labute approximate surface area is 239 Å². The van der Waals surface area contributed by atoms with Crippen LogP contribution in [0.3, 0.4) is 0 Å². The molecule has 3 aromatic carbocycles. The van der Waals surface area contributed by atoms with E-state index in [1.807, 2.05) is 36.4 Å². The second kappa shape index (κ2) is 20.0. The first-order valence-corrected chi connectivity index (χ1v) is 15.1. The smallest absolute Gasteiger partial charge is 0.115 e. The molecule has 3 nitrogen and oxygen atoms in total. The molecule has 0 bridgehead atoms. The fourth-order valence-electron chi connectivity index (χ4n) is 4.13. The highest BCUT2D eigenvalue weighted by atomic mass is 16.3. The molecule has 39 heavy (non-hydrogen) atoms. The topological polar surface area (TPSA) is 60.7 Å². The standard InChI is InChI=1S/C13H20O.C12H18O.C11H16O/c1-2-3-4-5-6-7-12-8-10-13(14)11-9-12;1-2-3-4-5-6-11-7-9-12(13)10-8-11;1-4-11(2,3)9-5-7-10(12)8-6-9/h8-11,14H,2-7H2,1H3;7-10,13H,2-6H2,1H3;5-8,12H,4H2,1-3H3. The molecule has 0 saturated carbocycles. The summed E-state index contributed by atoms with van der Waals surface area (Å²) in [7, 11) is 0. The summed E-state index contributed by atoms with van der Waals surface area (Å²) >= 11 is 0. The van der Waals surface area contributed by atoms with Gasteiger partial charge < -0.3 is 15.3 Å². The number of benzene rings is 3. The third kappa shape index (κ3) is 15.9. The van der Waals surface area contributed by atoms with Gasteiger partial charge in [-0.2, -0.15) is 0 Å². The van der Waals surface area contributed by atoms with Crippen LogP contribution in [0.5, 0.6) is 17.2 Å². The lowest BCUT2D eigenvalue weighted by Gasteiger charge is -2.22. The zero-order valence-electron chi connectivity index (χ0n) is 25.3. The second-order valence-electron chi connectivity index (χ2n) is 11.1. The van der Waals surface area contributed by atoms with Gasteiger partial charge in [0.2, 0.25) is 0 Å². The van der Waals surface area contributed by atoms with Crippen LogP contribution in [-0.4, -0.2) is 15.3 Å². The largest absolute Gasteiger partial charge is 0.508 e. The van der Waals surface area contributed by atoms with Gasteiger partial charge in [0.1, 0.15) is 17.2 Å². The third-order valence-electron chi connectivity index (χ3n) is 7.29. The summed E-state index contributed by atoms with van der Waals surface area (Å²) in [6.07, 6.45) is 15.2. The molecule has 3 N–H and O–H groups in total. The third-order valence-corrected chi connectivity index (χ3v) is 7.29. The van der Waals surface area contributed by atoms with Gasteiger partial charge in [-0.3, -0.25) is 0 Å². The molecule has 0 amide bonds. The van der Waals surface area contributed by atoms with Gasteiger partial charge in [0, 0.05) is 0 Å². The SMILES string of the molecule is CCC(C)(C)c1ccc(O)cc1.CCCCCCCc1ccc(O)cc1.CCCCCCc1ccc(O)cc1. The molecule has 3 aromatic rings. The molecule has 0 unspecified atom stereocenters. The van der Waals surface area contributed by atoms with Gasteiger partial charge in [-0.05, 0) is 90.6 Å². The highest BCUT2D eigenvalue weighted by molar-refractivity contribution is 5.30. The molecule has 0 spiro atoms. The Hall–Kier alpha value is -2.94. The molecule has 216 valence electrons. The van der Waals surface area contributed by atoms with E-state index in [4.69, 9.17) is 15.3 Å². The van der Waals surface area contributed by atoms with E-state index in [-0.39, 0.29) is 5.41 Å². The van der Waals surface area contributed by atoms with Crippen molar-refractivity contribution in [2.24, 2.45) is 0 Å². The Bertz CT molecular complexity index is 973. The normalized spacial score (nSPS) is 10.7. The van der Waals surface area contributed by atoms with E-state index in [2.05, 4.69) is 34.6 Å². The minimum Gasteiger partial charge on any atom is -0.508 e. The number of hydrogen-bond acceptors (Lipinski definition) is 3. The van der Waals surface area contributed by atoms with E-state index in [0.29, 0.717) is 17.2 Å². The summed E-state index contributed by atoms with van der Waals surface area (Å²) in [5.41, 5.74) is 4.16. The number of aryl methyl sites for hydroxylation is 2. The van der Waals surface area contributed by atoms with E-state index in [1.165, 1.54) is 74.5 Å². The van der Waals surface area contributed by atoms with Crippen LogP contribution < -0.4 is 0 Å². The monoisotopic (exact) mass is 534 g/mol. The number of phenols is 3. The molecule has 0 heterocycles. The lowest BCUT2D eigenvalue weighted by atomic mass is 9.82. The Balaban J connectivity index is 0.000000293. The summed E-state index contributed by atoms with van der Waals surface area (Å²) in [4.78, 5) is 0. The highest BCUT2D eigenvalue weighted by Gasteiger charge is 2.17. The Kier molecular flexibility index (Phi) is 17.5. The van der Waals surface area contributed by atoms with Crippen LogP contribution in [0.1, 0.15) is 116 Å². The van der Waals surface area contributed by atoms with Crippen LogP contribution >= 0.6 is 0 Å². The average molecular weight is 535 g/mol. The fraction of sp³-hybridized carbons (Fsp3) is 0.500. The van der Waals surface area contributed by atoms with E-state index in [1.54, 1.807) is 36.4 Å². The van der Waals surface area contributed by atoms with Gasteiger partial charge in [0.05, 0.1) is 0 Å². The number of hydrogen-bond donors (Lipinski definition) is 3. The molecule has 0 fully saturated rings. The molecule has 3 heteroatoms. The first kappa shape index (κ1) is 34.1. The zero-order valence-corrected chi connectivity index (χ0v) is 25.3. The lowest BCUT2D eigenvalue weighted by Crippen LogP contribution is -2.14. The number of aromatic hydroxyl groups is 3. The van der Waals surface area contributed by atoms with E-state index in [9.17, 15) is 0 Å². The Morgan fingerprint density at radius 2 is 0.795 bits per heavy atom. The fourth-order valence-corrected chi connectivity index (χ4v) is 4.13. The quantitative estimate of drug-likeness (QED) is 0.191. The van der Waals surface area contributed by atoms with Crippen LogP contribution in [0.4, 0.5) is 0 Å². The van der Waals surface area contributed by atoms with Crippen molar-refractivity contribution in [3.05, 3.63) is 89.5 Å². The number of rotatable bonds is 13. The number of phenolic OH excluding ortho intramolecular Hbond substituents is 3. The van der Waals surface area contributed by atoms with Crippen molar-refractivity contribution in [3.8, 4) is 17.2 Å². The molecule has 3 rings (SSSR count). The van der Waals surface area contributed by atoms with Gasteiger partial charge >= 0.3 is 0 Å². The van der Waals surface area contributed by atoms with E-state index >= 15 is 0 Å². The Morgan fingerprint density at radius 1 is 0.462 bits per heavy atom. The van der Waals surface area contributed by atoms with E-state index < -0.39 is 0 Å². The van der Waals surface area contributed by atoms with E-state index in [0.717, 1.165) is 19.3 Å². The maximum atomic E-state index is 9.10. The van der Waals surface area contributed by atoms with Crippen LogP contribution in [0.15, 0.2) is 72.8 Å². The first-order chi connectivity index (χ1) is 18.7. The zero-order chi connectivity index (χ0) is 28.9. The molecule has 0 aliphatic carbocycles. The van der Waals surface area contributed by atoms with Crippen molar-refractivity contribution < 1.29 is 15.3 Å². The van der Waals surface area contributed by atoms with Crippen LogP contribution in [0.25, 0.3) is 0 Å². The number of unbranched alkanes of at least 4 members (excludes halogenated alkanes) is 7. The van der Waals surface area contributed by atoms with Gasteiger partial charge in [-0.15, -0.1) is 0 Å². The lowest BCUT2D eigenvalue weighted by molar-refractivity contribution is 0.471.